The van der Waals surface area contributed by atoms with Crippen molar-refractivity contribution in [3.8, 4) is 5.75 Å². The maximum absolute atomic E-state index is 12.9. The third-order valence-electron chi connectivity index (χ3n) is 5.02. The summed E-state index contributed by atoms with van der Waals surface area (Å²) in [5.41, 5.74) is 1.27. The minimum atomic E-state index is -3.65. The predicted octanol–water partition coefficient (Wildman–Crippen LogP) is 3.56. The van der Waals surface area contributed by atoms with Gasteiger partial charge >= 0.3 is 6.61 Å². The molecule has 3 rings (SSSR count). The van der Waals surface area contributed by atoms with Crippen LogP contribution in [0.5, 0.6) is 5.75 Å². The number of piperazine rings is 1. The van der Waals surface area contributed by atoms with Gasteiger partial charge in [-0.15, -0.1) is 0 Å². The summed E-state index contributed by atoms with van der Waals surface area (Å²) in [6.45, 7) is 1.84. The first-order valence-corrected chi connectivity index (χ1v) is 11.1. The lowest BCUT2D eigenvalue weighted by molar-refractivity contribution is -0.0499. The van der Waals surface area contributed by atoms with Crippen molar-refractivity contribution in [1.82, 2.24) is 9.21 Å². The van der Waals surface area contributed by atoms with Gasteiger partial charge in [0.25, 0.3) is 5.91 Å². The molecule has 30 heavy (non-hydrogen) atoms. The highest BCUT2D eigenvalue weighted by Crippen LogP contribution is 2.22. The summed E-state index contributed by atoms with van der Waals surface area (Å²) in [5, 5.41) is 0. The summed E-state index contributed by atoms with van der Waals surface area (Å²) in [5.74, 6) is -0.143. The maximum Gasteiger partial charge on any atom is 0.387 e. The molecule has 0 N–H and O–H groups in total. The van der Waals surface area contributed by atoms with Gasteiger partial charge in [-0.1, -0.05) is 32.0 Å². The van der Waals surface area contributed by atoms with Crippen LogP contribution < -0.4 is 4.74 Å². The van der Waals surface area contributed by atoms with Crippen molar-refractivity contribution in [2.45, 2.75) is 31.3 Å². The number of nitrogens with zero attached hydrogens (tertiary/aromatic N) is 2. The number of ether oxygens (including phenoxy) is 1. The number of hydrogen-bond donors (Lipinski definition) is 0. The van der Waals surface area contributed by atoms with Crippen molar-refractivity contribution in [3.63, 3.8) is 0 Å². The Morgan fingerprint density at radius 3 is 2.20 bits per heavy atom. The number of carbonyl (C=O) groups excluding carboxylic acids is 1. The number of benzene rings is 2. The summed E-state index contributed by atoms with van der Waals surface area (Å²) in [6.07, 6.45) is 0. The van der Waals surface area contributed by atoms with Gasteiger partial charge in [0.15, 0.2) is 0 Å². The highest BCUT2D eigenvalue weighted by atomic mass is 32.2. The molecule has 162 valence electrons. The van der Waals surface area contributed by atoms with Crippen LogP contribution in [0.15, 0.2) is 53.4 Å². The highest BCUT2D eigenvalue weighted by Gasteiger charge is 2.30. The minimum absolute atomic E-state index is 0.0955. The Kier molecular flexibility index (Phi) is 6.72. The van der Waals surface area contributed by atoms with E-state index < -0.39 is 16.6 Å². The average molecular weight is 438 g/mol. The first-order valence-electron chi connectivity index (χ1n) is 9.63. The zero-order valence-corrected chi connectivity index (χ0v) is 17.6. The van der Waals surface area contributed by atoms with Crippen LogP contribution in [0.4, 0.5) is 8.78 Å². The molecule has 0 radical (unpaired) electrons. The largest absolute Gasteiger partial charge is 0.435 e. The minimum Gasteiger partial charge on any atom is -0.435 e. The highest BCUT2D eigenvalue weighted by molar-refractivity contribution is 7.89. The molecule has 1 fully saturated rings. The molecule has 1 aliphatic heterocycles. The van der Waals surface area contributed by atoms with E-state index in [4.69, 9.17) is 0 Å². The number of sulfonamides is 1. The molecule has 0 atom stereocenters. The number of halogens is 2. The molecule has 0 aromatic heterocycles. The summed E-state index contributed by atoms with van der Waals surface area (Å²) in [4.78, 5) is 14.4. The third-order valence-corrected chi connectivity index (χ3v) is 6.93. The van der Waals surface area contributed by atoms with Gasteiger partial charge in [0, 0.05) is 31.7 Å². The second-order valence-electron chi connectivity index (χ2n) is 7.33. The number of carbonyl (C=O) groups is 1. The van der Waals surface area contributed by atoms with Crippen LogP contribution in [0.3, 0.4) is 0 Å². The Labute approximate surface area is 175 Å². The molecular formula is C21H24F2N2O4S. The van der Waals surface area contributed by atoms with Gasteiger partial charge in [-0.25, -0.2) is 8.42 Å². The smallest absolute Gasteiger partial charge is 0.387 e. The van der Waals surface area contributed by atoms with Gasteiger partial charge in [0.1, 0.15) is 5.75 Å². The molecule has 2 aromatic carbocycles. The van der Waals surface area contributed by atoms with E-state index in [2.05, 4.69) is 4.74 Å². The molecule has 0 spiro atoms. The molecular weight excluding hydrogens is 414 g/mol. The Hall–Kier alpha value is -2.52. The van der Waals surface area contributed by atoms with Gasteiger partial charge in [0.2, 0.25) is 10.0 Å². The molecule has 1 saturated heterocycles. The fourth-order valence-electron chi connectivity index (χ4n) is 3.29. The van der Waals surface area contributed by atoms with Crippen molar-refractivity contribution in [1.29, 1.82) is 0 Å². The lowest BCUT2D eigenvalue weighted by atomic mass is 10.0. The summed E-state index contributed by atoms with van der Waals surface area (Å²) < 4.78 is 56.3. The van der Waals surface area contributed by atoms with E-state index in [-0.39, 0.29) is 48.3 Å². The van der Waals surface area contributed by atoms with Gasteiger partial charge in [0.05, 0.1) is 4.90 Å². The van der Waals surface area contributed by atoms with E-state index >= 15 is 0 Å². The summed E-state index contributed by atoms with van der Waals surface area (Å²) in [7, 11) is -3.65. The van der Waals surface area contributed by atoms with Gasteiger partial charge in [-0.2, -0.15) is 13.1 Å². The maximum atomic E-state index is 12.9. The molecule has 1 aliphatic rings. The normalized spacial score (nSPS) is 15.6. The van der Waals surface area contributed by atoms with Gasteiger partial charge in [-0.05, 0) is 41.8 Å². The lowest BCUT2D eigenvalue weighted by Gasteiger charge is -2.34. The average Bonchev–Trinajstić information content (AvgIpc) is 2.73. The monoisotopic (exact) mass is 438 g/mol. The first-order chi connectivity index (χ1) is 14.2. The Bertz CT molecular complexity index is 986. The summed E-state index contributed by atoms with van der Waals surface area (Å²) >= 11 is 0. The second-order valence-corrected chi connectivity index (χ2v) is 9.26. The van der Waals surface area contributed by atoms with Gasteiger partial charge < -0.3 is 9.64 Å². The quantitative estimate of drug-likeness (QED) is 0.692. The van der Waals surface area contributed by atoms with E-state index in [0.29, 0.717) is 5.92 Å². The number of hydrogen-bond acceptors (Lipinski definition) is 4. The predicted molar refractivity (Wildman–Crippen MR) is 108 cm³/mol. The number of rotatable bonds is 6. The number of amides is 1. The molecule has 0 bridgehead atoms. The topological polar surface area (TPSA) is 66.9 Å². The third kappa shape index (κ3) is 4.96. The Morgan fingerprint density at radius 1 is 1.00 bits per heavy atom. The fraction of sp³-hybridized carbons (Fsp3) is 0.381. The Morgan fingerprint density at radius 2 is 1.63 bits per heavy atom. The van der Waals surface area contributed by atoms with Crippen molar-refractivity contribution in [2.24, 2.45) is 0 Å². The van der Waals surface area contributed by atoms with E-state index in [1.807, 2.05) is 26.0 Å². The molecule has 6 nitrogen and oxygen atoms in total. The molecule has 1 amide bonds. The second kappa shape index (κ2) is 9.09. The first kappa shape index (κ1) is 22.2. The van der Waals surface area contributed by atoms with Crippen LogP contribution in [0, 0.1) is 0 Å². The van der Waals surface area contributed by atoms with Crippen LogP contribution in [0.1, 0.15) is 35.7 Å². The van der Waals surface area contributed by atoms with Crippen LogP contribution in [-0.2, 0) is 10.0 Å². The van der Waals surface area contributed by atoms with E-state index in [0.717, 1.165) is 5.56 Å². The molecule has 2 aromatic rings. The van der Waals surface area contributed by atoms with Crippen LogP contribution in [0.2, 0.25) is 0 Å². The van der Waals surface area contributed by atoms with Gasteiger partial charge in [-0.3, -0.25) is 4.79 Å². The SMILES string of the molecule is CC(C)c1ccc(S(=O)(=O)N2CCN(C(=O)c3cccc(OC(F)F)c3)CC2)cc1. The lowest BCUT2D eigenvalue weighted by Crippen LogP contribution is -2.50. The fourth-order valence-corrected chi connectivity index (χ4v) is 4.72. The van der Waals surface area contributed by atoms with E-state index in [1.54, 1.807) is 12.1 Å². The van der Waals surface area contributed by atoms with Crippen molar-refractivity contribution < 1.29 is 26.7 Å². The Balaban J connectivity index is 1.66. The van der Waals surface area contributed by atoms with Crippen molar-refractivity contribution in [2.75, 3.05) is 26.2 Å². The molecule has 0 saturated carbocycles. The van der Waals surface area contributed by atoms with Crippen LogP contribution in [0.25, 0.3) is 0 Å². The van der Waals surface area contributed by atoms with Crippen LogP contribution in [-0.4, -0.2) is 56.3 Å². The molecule has 9 heteroatoms. The summed E-state index contributed by atoms with van der Waals surface area (Å²) in [6, 6.07) is 12.4. The van der Waals surface area contributed by atoms with Crippen molar-refractivity contribution >= 4 is 15.9 Å². The number of alkyl halides is 2. The van der Waals surface area contributed by atoms with Crippen molar-refractivity contribution in [3.05, 3.63) is 59.7 Å². The zero-order chi connectivity index (χ0) is 21.9. The molecule has 0 unspecified atom stereocenters. The van der Waals surface area contributed by atoms with E-state index in [1.165, 1.54) is 33.5 Å². The standard InChI is InChI=1S/C21H24F2N2O4S/c1-15(2)16-6-8-19(9-7-16)30(27,28)25-12-10-24(11-13-25)20(26)17-4-3-5-18(14-17)29-21(22)23/h3-9,14-15,21H,10-13H2,1-2H3. The molecule has 0 aliphatic carbocycles. The molecule has 1 heterocycles. The van der Waals surface area contributed by atoms with E-state index in [9.17, 15) is 22.0 Å². The zero-order valence-electron chi connectivity index (χ0n) is 16.8. The van der Waals surface area contributed by atoms with Crippen LogP contribution >= 0.6 is 0 Å².